The van der Waals surface area contributed by atoms with Gasteiger partial charge >= 0.3 is 6.18 Å². The van der Waals surface area contributed by atoms with E-state index in [0.717, 1.165) is 12.5 Å². The summed E-state index contributed by atoms with van der Waals surface area (Å²) in [5.74, 6) is 0.440. The van der Waals surface area contributed by atoms with Gasteiger partial charge in [-0.25, -0.2) is 4.98 Å². The number of alkyl halides is 3. The molecule has 1 aromatic heterocycles. The first-order valence-corrected chi connectivity index (χ1v) is 5.45. The summed E-state index contributed by atoms with van der Waals surface area (Å²) in [6.07, 6.45) is -3.63. The molecule has 94 valence electrons. The molecule has 0 unspecified atom stereocenters. The molecule has 0 radical (unpaired) electrons. The lowest BCUT2D eigenvalue weighted by Gasteiger charge is -2.15. The van der Waals surface area contributed by atoms with Crippen molar-refractivity contribution in [3.05, 3.63) is 23.5 Å². The first-order valence-electron chi connectivity index (χ1n) is 5.45. The van der Waals surface area contributed by atoms with Crippen molar-refractivity contribution in [3.63, 3.8) is 0 Å². The van der Waals surface area contributed by atoms with E-state index in [2.05, 4.69) is 10.3 Å². The maximum atomic E-state index is 12.5. The summed E-state index contributed by atoms with van der Waals surface area (Å²) in [5, 5.41) is 3.03. The standard InChI is InChI=1S/C11H13F3N2O/c1-2-7-5-15-6-8-9(17-7)3-4-10(16-8)11(12,13)14/h3-4,7,15H,2,5-6H2,1H3/t7-/m1/s1. The third-order valence-electron chi connectivity index (χ3n) is 2.64. The van der Waals surface area contributed by atoms with Crippen LogP contribution in [0.2, 0.25) is 0 Å². The van der Waals surface area contributed by atoms with Gasteiger partial charge < -0.3 is 10.1 Å². The molecule has 1 atom stereocenters. The maximum absolute atomic E-state index is 12.5. The van der Waals surface area contributed by atoms with Crippen LogP contribution >= 0.6 is 0 Å². The van der Waals surface area contributed by atoms with Gasteiger partial charge in [0.2, 0.25) is 0 Å². The highest BCUT2D eigenvalue weighted by Crippen LogP contribution is 2.30. The number of hydrogen-bond acceptors (Lipinski definition) is 3. The lowest BCUT2D eigenvalue weighted by molar-refractivity contribution is -0.141. The fourth-order valence-electron chi connectivity index (χ4n) is 1.68. The number of rotatable bonds is 1. The van der Waals surface area contributed by atoms with E-state index >= 15 is 0 Å². The molecule has 3 nitrogen and oxygen atoms in total. The van der Waals surface area contributed by atoms with Gasteiger partial charge in [-0.15, -0.1) is 0 Å². The molecule has 1 aromatic rings. The van der Waals surface area contributed by atoms with Gasteiger partial charge in [-0.2, -0.15) is 13.2 Å². The van der Waals surface area contributed by atoms with Crippen LogP contribution < -0.4 is 10.1 Å². The highest BCUT2D eigenvalue weighted by molar-refractivity contribution is 5.31. The predicted molar refractivity (Wildman–Crippen MR) is 55.7 cm³/mol. The van der Waals surface area contributed by atoms with Gasteiger partial charge in [0.25, 0.3) is 0 Å². The van der Waals surface area contributed by atoms with Crippen molar-refractivity contribution in [2.24, 2.45) is 0 Å². The van der Waals surface area contributed by atoms with Crippen LogP contribution in [0.1, 0.15) is 24.7 Å². The fourth-order valence-corrected chi connectivity index (χ4v) is 1.68. The molecule has 0 fully saturated rings. The molecule has 0 aromatic carbocycles. The molecule has 17 heavy (non-hydrogen) atoms. The smallest absolute Gasteiger partial charge is 0.433 e. The zero-order chi connectivity index (χ0) is 12.5. The molecule has 2 heterocycles. The Bertz CT molecular complexity index is 406. The number of hydrogen-bond donors (Lipinski definition) is 1. The van der Waals surface area contributed by atoms with Gasteiger partial charge in [-0.3, -0.25) is 0 Å². The Kier molecular flexibility index (Phi) is 3.24. The molecule has 1 aliphatic heterocycles. The van der Waals surface area contributed by atoms with Crippen molar-refractivity contribution in [2.75, 3.05) is 6.54 Å². The van der Waals surface area contributed by atoms with Gasteiger partial charge in [0.1, 0.15) is 17.5 Å². The molecule has 0 aliphatic carbocycles. The minimum absolute atomic E-state index is 0.0187. The minimum Gasteiger partial charge on any atom is -0.487 e. The lowest BCUT2D eigenvalue weighted by Crippen LogP contribution is -2.27. The first-order chi connectivity index (χ1) is 8.00. The Balaban J connectivity index is 2.31. The van der Waals surface area contributed by atoms with Crippen LogP contribution in [0.25, 0.3) is 0 Å². The summed E-state index contributed by atoms with van der Waals surface area (Å²) >= 11 is 0. The van der Waals surface area contributed by atoms with Crippen LogP contribution in [0.4, 0.5) is 13.2 Å². The molecule has 0 saturated carbocycles. The monoisotopic (exact) mass is 246 g/mol. The van der Waals surface area contributed by atoms with Crippen molar-refractivity contribution in [1.82, 2.24) is 10.3 Å². The number of aromatic nitrogens is 1. The van der Waals surface area contributed by atoms with Gasteiger partial charge in [0.15, 0.2) is 0 Å². The van der Waals surface area contributed by atoms with Crippen LogP contribution in [0.3, 0.4) is 0 Å². The molecular formula is C11H13F3N2O. The van der Waals surface area contributed by atoms with E-state index in [1.165, 1.54) is 6.07 Å². The topological polar surface area (TPSA) is 34.2 Å². The highest BCUT2D eigenvalue weighted by atomic mass is 19.4. The van der Waals surface area contributed by atoms with Gasteiger partial charge in [-0.05, 0) is 18.6 Å². The minimum atomic E-state index is -4.41. The van der Waals surface area contributed by atoms with Crippen molar-refractivity contribution in [3.8, 4) is 5.75 Å². The van der Waals surface area contributed by atoms with Crippen LogP contribution in [0.5, 0.6) is 5.75 Å². The second-order valence-electron chi connectivity index (χ2n) is 3.92. The Morgan fingerprint density at radius 1 is 1.47 bits per heavy atom. The Hall–Kier alpha value is -1.30. The van der Waals surface area contributed by atoms with E-state index < -0.39 is 11.9 Å². The van der Waals surface area contributed by atoms with E-state index in [1.54, 1.807) is 0 Å². The Morgan fingerprint density at radius 2 is 2.24 bits per heavy atom. The van der Waals surface area contributed by atoms with Gasteiger partial charge in [0.05, 0.1) is 5.69 Å². The fraction of sp³-hybridized carbons (Fsp3) is 0.545. The first kappa shape index (κ1) is 12.2. The maximum Gasteiger partial charge on any atom is 0.433 e. The van der Waals surface area contributed by atoms with Crippen LogP contribution in [0, 0.1) is 0 Å². The number of nitrogens with one attached hydrogen (secondary N) is 1. The summed E-state index contributed by atoms with van der Waals surface area (Å²) in [6, 6.07) is 2.30. The van der Waals surface area contributed by atoms with Crippen molar-refractivity contribution in [2.45, 2.75) is 32.2 Å². The predicted octanol–water partition coefficient (Wildman–Crippen LogP) is 2.36. The van der Waals surface area contributed by atoms with E-state index in [4.69, 9.17) is 4.74 Å². The molecule has 6 heteroatoms. The largest absolute Gasteiger partial charge is 0.487 e. The summed E-state index contributed by atoms with van der Waals surface area (Å²) in [5.41, 5.74) is -0.563. The molecule has 0 spiro atoms. The van der Waals surface area contributed by atoms with Crippen LogP contribution in [-0.4, -0.2) is 17.6 Å². The van der Waals surface area contributed by atoms with Crippen LogP contribution in [0.15, 0.2) is 12.1 Å². The molecule has 1 aliphatic rings. The lowest BCUT2D eigenvalue weighted by atomic mass is 10.2. The van der Waals surface area contributed by atoms with Crippen molar-refractivity contribution < 1.29 is 17.9 Å². The number of ether oxygens (including phenoxy) is 1. The summed E-state index contributed by atoms with van der Waals surface area (Å²) in [6.45, 7) is 2.89. The molecule has 2 rings (SSSR count). The second-order valence-corrected chi connectivity index (χ2v) is 3.92. The number of halogens is 3. The number of nitrogens with zero attached hydrogens (tertiary/aromatic N) is 1. The Labute approximate surface area is 97.0 Å². The number of pyridine rings is 1. The normalized spacial score (nSPS) is 20.4. The average Bonchev–Trinajstić information content (AvgIpc) is 2.48. The van der Waals surface area contributed by atoms with E-state index in [1.807, 2.05) is 6.92 Å². The van der Waals surface area contributed by atoms with Crippen molar-refractivity contribution >= 4 is 0 Å². The van der Waals surface area contributed by atoms with E-state index in [9.17, 15) is 13.2 Å². The van der Waals surface area contributed by atoms with E-state index in [0.29, 0.717) is 24.5 Å². The molecule has 0 bridgehead atoms. The van der Waals surface area contributed by atoms with Crippen molar-refractivity contribution in [1.29, 1.82) is 0 Å². The summed E-state index contributed by atoms with van der Waals surface area (Å²) in [4.78, 5) is 3.60. The Morgan fingerprint density at radius 3 is 2.88 bits per heavy atom. The molecule has 0 amide bonds. The quantitative estimate of drug-likeness (QED) is 0.826. The van der Waals surface area contributed by atoms with Gasteiger partial charge in [0, 0.05) is 13.1 Å². The van der Waals surface area contributed by atoms with Crippen LogP contribution in [-0.2, 0) is 12.7 Å². The number of fused-ring (bicyclic) bond motifs is 1. The molecule has 1 N–H and O–H groups in total. The molecular weight excluding hydrogens is 233 g/mol. The summed E-state index contributed by atoms with van der Waals surface area (Å²) in [7, 11) is 0. The average molecular weight is 246 g/mol. The van der Waals surface area contributed by atoms with Gasteiger partial charge in [-0.1, -0.05) is 6.92 Å². The zero-order valence-corrected chi connectivity index (χ0v) is 9.34. The zero-order valence-electron chi connectivity index (χ0n) is 9.34. The second kappa shape index (κ2) is 4.52. The highest BCUT2D eigenvalue weighted by Gasteiger charge is 2.33. The third-order valence-corrected chi connectivity index (χ3v) is 2.64. The summed E-state index contributed by atoms with van der Waals surface area (Å²) < 4.78 is 43.0. The van der Waals surface area contributed by atoms with E-state index in [-0.39, 0.29) is 6.10 Å². The molecule has 0 saturated heterocycles. The SMILES string of the molecule is CC[C@@H]1CNCc2nc(C(F)(F)F)ccc2O1. The third kappa shape index (κ3) is 2.69.